The third-order valence-corrected chi connectivity index (χ3v) is 4.32. The number of carbonyl (C=O) groups is 3. The van der Waals surface area contributed by atoms with Crippen molar-refractivity contribution in [3.63, 3.8) is 0 Å². The summed E-state index contributed by atoms with van der Waals surface area (Å²) < 4.78 is 10.8. The van der Waals surface area contributed by atoms with Crippen LogP contribution in [0.1, 0.15) is 54.7 Å². The highest BCUT2D eigenvalue weighted by Gasteiger charge is 2.27. The molecule has 0 unspecified atom stereocenters. The molecule has 27 heavy (non-hydrogen) atoms. The van der Waals surface area contributed by atoms with Crippen molar-refractivity contribution in [3.8, 4) is 0 Å². The van der Waals surface area contributed by atoms with E-state index >= 15 is 0 Å². The van der Waals surface area contributed by atoms with Crippen LogP contribution in [0.4, 0.5) is 0 Å². The van der Waals surface area contributed by atoms with Gasteiger partial charge in [0.25, 0.3) is 11.5 Å². The van der Waals surface area contributed by atoms with Crippen molar-refractivity contribution in [2.75, 3.05) is 14.2 Å². The zero-order valence-electron chi connectivity index (χ0n) is 16.6. The quantitative estimate of drug-likeness (QED) is 0.649. The molecule has 8 heteroatoms. The van der Waals surface area contributed by atoms with E-state index in [1.165, 1.54) is 13.2 Å². The van der Waals surface area contributed by atoms with Gasteiger partial charge in [0.1, 0.15) is 11.6 Å². The number of hydrogen-bond acceptors (Lipinski definition) is 6. The average Bonchev–Trinajstić information content (AvgIpc) is 2.66. The van der Waals surface area contributed by atoms with Gasteiger partial charge >= 0.3 is 11.9 Å². The van der Waals surface area contributed by atoms with Gasteiger partial charge in [-0.3, -0.25) is 14.4 Å². The highest BCUT2D eigenvalue weighted by molar-refractivity contribution is 5.97. The highest BCUT2D eigenvalue weighted by atomic mass is 16.5. The smallest absolute Gasteiger partial charge is 0.328 e. The number of ether oxygens (including phenoxy) is 2. The molecular formula is C19H28N2O6. The predicted octanol–water partition coefficient (Wildman–Crippen LogP) is 1.35. The Labute approximate surface area is 158 Å². The molecule has 1 aromatic rings. The van der Waals surface area contributed by atoms with Crippen LogP contribution < -0.4 is 10.9 Å². The summed E-state index contributed by atoms with van der Waals surface area (Å²) >= 11 is 0. The first-order chi connectivity index (χ1) is 12.8. The minimum atomic E-state index is -1.23. The number of unbranched alkanes of at least 4 members (excludes halogenated alkanes) is 1. The monoisotopic (exact) mass is 380 g/mol. The van der Waals surface area contributed by atoms with Crippen LogP contribution in [-0.4, -0.2) is 42.7 Å². The standard InChI is InChI=1S/C19H28N2O6/c1-6-8-9-21-15(7-2)12(3)10-13(18(21)24)17(23)20-14(19(25)27-5)11-16(22)26-4/h10,14H,6-9,11H2,1-5H3,(H,20,23)/t14-/m0/s1. The molecule has 0 aromatic carbocycles. The van der Waals surface area contributed by atoms with Gasteiger partial charge in [-0.05, 0) is 31.4 Å². The normalized spacial score (nSPS) is 11.6. The Bertz CT molecular complexity index is 753. The first-order valence-electron chi connectivity index (χ1n) is 8.99. The number of nitrogens with one attached hydrogen (secondary N) is 1. The number of pyridine rings is 1. The Kier molecular flexibility index (Phi) is 8.71. The van der Waals surface area contributed by atoms with E-state index in [-0.39, 0.29) is 12.0 Å². The first kappa shape index (κ1) is 22.4. The number of amides is 1. The van der Waals surface area contributed by atoms with Crippen LogP contribution in [0.3, 0.4) is 0 Å². The fraction of sp³-hybridized carbons (Fsp3) is 0.579. The van der Waals surface area contributed by atoms with Crippen molar-refractivity contribution in [3.05, 3.63) is 33.2 Å². The van der Waals surface area contributed by atoms with Crippen molar-refractivity contribution in [1.29, 1.82) is 0 Å². The molecule has 1 atom stereocenters. The van der Waals surface area contributed by atoms with Crippen LogP contribution >= 0.6 is 0 Å². The summed E-state index contributed by atoms with van der Waals surface area (Å²) in [6.45, 7) is 6.33. The summed E-state index contributed by atoms with van der Waals surface area (Å²) in [7, 11) is 2.33. The predicted molar refractivity (Wildman–Crippen MR) is 99.6 cm³/mol. The minimum Gasteiger partial charge on any atom is -0.469 e. The Morgan fingerprint density at radius 3 is 2.37 bits per heavy atom. The Morgan fingerprint density at radius 2 is 1.85 bits per heavy atom. The Hall–Kier alpha value is -2.64. The number of aromatic nitrogens is 1. The number of hydrogen-bond donors (Lipinski definition) is 1. The number of esters is 2. The SMILES string of the molecule is CCCCn1c(CC)c(C)cc(C(=O)N[C@@H](CC(=O)OC)C(=O)OC)c1=O. The van der Waals surface area contributed by atoms with E-state index < -0.39 is 29.4 Å². The van der Waals surface area contributed by atoms with Gasteiger partial charge < -0.3 is 19.4 Å². The van der Waals surface area contributed by atoms with Gasteiger partial charge in [0.05, 0.1) is 20.6 Å². The molecule has 1 rings (SSSR count). The fourth-order valence-electron chi connectivity index (χ4n) is 2.85. The maximum absolute atomic E-state index is 12.8. The molecule has 8 nitrogen and oxygen atoms in total. The second-order valence-electron chi connectivity index (χ2n) is 6.18. The third-order valence-electron chi connectivity index (χ3n) is 4.32. The summed E-state index contributed by atoms with van der Waals surface area (Å²) in [5, 5.41) is 2.41. The molecule has 0 saturated heterocycles. The van der Waals surface area contributed by atoms with Gasteiger partial charge in [0.2, 0.25) is 0 Å². The van der Waals surface area contributed by atoms with E-state index in [0.29, 0.717) is 13.0 Å². The maximum atomic E-state index is 12.8. The van der Waals surface area contributed by atoms with Crippen molar-refractivity contribution >= 4 is 17.8 Å². The van der Waals surface area contributed by atoms with Crippen LogP contribution in [0.25, 0.3) is 0 Å². The van der Waals surface area contributed by atoms with Gasteiger partial charge in [-0.25, -0.2) is 4.79 Å². The van der Waals surface area contributed by atoms with Crippen LogP contribution in [0.5, 0.6) is 0 Å². The van der Waals surface area contributed by atoms with E-state index in [9.17, 15) is 19.2 Å². The Morgan fingerprint density at radius 1 is 1.19 bits per heavy atom. The second-order valence-corrected chi connectivity index (χ2v) is 6.18. The van der Waals surface area contributed by atoms with Gasteiger partial charge in [0.15, 0.2) is 0 Å². The molecule has 1 amide bonds. The van der Waals surface area contributed by atoms with Crippen molar-refractivity contribution < 1.29 is 23.9 Å². The third kappa shape index (κ3) is 5.67. The van der Waals surface area contributed by atoms with Gasteiger partial charge in [-0.2, -0.15) is 0 Å². The number of nitrogens with zero attached hydrogens (tertiary/aromatic N) is 1. The number of aryl methyl sites for hydroxylation is 1. The van der Waals surface area contributed by atoms with E-state index in [1.807, 2.05) is 20.8 Å². The minimum absolute atomic E-state index is 0.0698. The van der Waals surface area contributed by atoms with E-state index in [1.54, 1.807) is 4.57 Å². The number of rotatable bonds is 9. The van der Waals surface area contributed by atoms with Crippen LogP contribution in [0.15, 0.2) is 10.9 Å². The number of carbonyl (C=O) groups excluding carboxylic acids is 3. The van der Waals surface area contributed by atoms with Crippen LogP contribution in [0.2, 0.25) is 0 Å². The fourth-order valence-corrected chi connectivity index (χ4v) is 2.85. The molecule has 0 fully saturated rings. The lowest BCUT2D eigenvalue weighted by Crippen LogP contribution is -2.45. The molecule has 0 aliphatic carbocycles. The zero-order chi connectivity index (χ0) is 20.6. The lowest BCUT2D eigenvalue weighted by molar-refractivity contribution is -0.149. The molecule has 0 aliphatic rings. The topological polar surface area (TPSA) is 104 Å². The first-order valence-corrected chi connectivity index (χ1v) is 8.99. The molecule has 1 heterocycles. The Balaban J connectivity index is 3.24. The summed E-state index contributed by atoms with van der Waals surface area (Å²) in [5.74, 6) is -2.19. The summed E-state index contributed by atoms with van der Waals surface area (Å²) in [6, 6.07) is 0.287. The second kappa shape index (κ2) is 10.5. The summed E-state index contributed by atoms with van der Waals surface area (Å²) in [5.41, 5.74) is 1.22. The zero-order valence-corrected chi connectivity index (χ0v) is 16.6. The van der Waals surface area contributed by atoms with E-state index in [0.717, 1.165) is 31.2 Å². The molecule has 0 spiro atoms. The van der Waals surface area contributed by atoms with Crippen LogP contribution in [-0.2, 0) is 32.0 Å². The van der Waals surface area contributed by atoms with E-state index in [2.05, 4.69) is 14.8 Å². The highest BCUT2D eigenvalue weighted by Crippen LogP contribution is 2.11. The lowest BCUT2D eigenvalue weighted by Gasteiger charge is -2.18. The lowest BCUT2D eigenvalue weighted by atomic mass is 10.1. The summed E-state index contributed by atoms with van der Waals surface area (Å²) in [6.07, 6.45) is 2.00. The molecular weight excluding hydrogens is 352 g/mol. The number of methoxy groups -OCH3 is 2. The van der Waals surface area contributed by atoms with Crippen molar-refractivity contribution in [2.24, 2.45) is 0 Å². The summed E-state index contributed by atoms with van der Waals surface area (Å²) in [4.78, 5) is 48.9. The van der Waals surface area contributed by atoms with Gasteiger partial charge in [-0.1, -0.05) is 20.3 Å². The van der Waals surface area contributed by atoms with Gasteiger partial charge in [-0.15, -0.1) is 0 Å². The molecule has 0 aliphatic heterocycles. The molecule has 1 aromatic heterocycles. The molecule has 0 saturated carbocycles. The molecule has 150 valence electrons. The molecule has 1 N–H and O–H groups in total. The molecule has 0 radical (unpaired) electrons. The van der Waals surface area contributed by atoms with E-state index in [4.69, 9.17) is 0 Å². The van der Waals surface area contributed by atoms with Gasteiger partial charge in [0, 0.05) is 12.2 Å². The average molecular weight is 380 g/mol. The van der Waals surface area contributed by atoms with Crippen molar-refractivity contribution in [2.45, 2.75) is 59.0 Å². The molecule has 0 bridgehead atoms. The maximum Gasteiger partial charge on any atom is 0.328 e. The van der Waals surface area contributed by atoms with Crippen LogP contribution in [0, 0.1) is 6.92 Å². The van der Waals surface area contributed by atoms with Crippen molar-refractivity contribution in [1.82, 2.24) is 9.88 Å². The largest absolute Gasteiger partial charge is 0.469 e.